The maximum Gasteiger partial charge on any atom is 0.306 e. The Morgan fingerprint density at radius 1 is 0.453 bits per heavy atom. The predicted octanol–water partition coefficient (Wildman–Crippen LogP) is 17.5. The third-order valence-corrected chi connectivity index (χ3v) is 13.3. The maximum absolute atomic E-state index is 13.3. The molecule has 0 radical (unpaired) electrons. The summed E-state index contributed by atoms with van der Waals surface area (Å²) in [5, 5.41) is 23.9. The first-order valence-corrected chi connectivity index (χ1v) is 28.6. The quantitative estimate of drug-likeness (QED) is 0.0321. The monoisotopic (exact) mass is 902 g/mol. The summed E-state index contributed by atoms with van der Waals surface area (Å²) in [5.74, 6) is -0.468. The minimum Gasteiger partial charge on any atom is -0.462 e. The standard InChI is InChI=1S/C58H111NO5/c1-4-7-10-13-16-19-22-25-28-30-33-36-39-42-45-48-51-58(63)64-54(49-46-43-40-37-34-31-29-26-23-20-17-14-11-8-5-2)52-57(62)59-55(53-60)56(61)50-47-44-41-38-35-32-27-24-21-18-15-12-9-6-3/h17,20,26,29,54-56,60-61H,4-16,18-19,21-25,27-28,30-53H2,1-3H3,(H,59,62)/b20-17-,29-26-. The van der Waals surface area contributed by atoms with Crippen molar-refractivity contribution >= 4 is 11.9 Å². The highest BCUT2D eigenvalue weighted by atomic mass is 16.5. The largest absolute Gasteiger partial charge is 0.462 e. The molecule has 0 aliphatic heterocycles. The van der Waals surface area contributed by atoms with Gasteiger partial charge in [-0.15, -0.1) is 0 Å². The summed E-state index contributed by atoms with van der Waals surface area (Å²) in [6.07, 6.45) is 60.9. The molecule has 0 rings (SSSR count). The normalized spacial score (nSPS) is 13.3. The van der Waals surface area contributed by atoms with E-state index in [0.717, 1.165) is 64.2 Å². The summed E-state index contributed by atoms with van der Waals surface area (Å²) in [7, 11) is 0. The van der Waals surface area contributed by atoms with Crippen LogP contribution in [0.15, 0.2) is 24.3 Å². The highest BCUT2D eigenvalue weighted by molar-refractivity contribution is 5.77. The summed E-state index contributed by atoms with van der Waals surface area (Å²) in [6, 6.07) is -0.702. The van der Waals surface area contributed by atoms with Gasteiger partial charge in [0.05, 0.1) is 25.2 Å². The van der Waals surface area contributed by atoms with Gasteiger partial charge in [-0.1, -0.05) is 263 Å². The van der Waals surface area contributed by atoms with Gasteiger partial charge in [-0.05, 0) is 57.8 Å². The summed E-state index contributed by atoms with van der Waals surface area (Å²) in [6.45, 7) is 6.49. The Balaban J connectivity index is 4.54. The van der Waals surface area contributed by atoms with Gasteiger partial charge in [0, 0.05) is 6.42 Å². The van der Waals surface area contributed by atoms with E-state index in [1.807, 2.05) is 0 Å². The van der Waals surface area contributed by atoms with Crippen LogP contribution < -0.4 is 5.32 Å². The Hall–Kier alpha value is -1.66. The van der Waals surface area contributed by atoms with Crippen molar-refractivity contribution < 1.29 is 24.5 Å². The number of carbonyl (C=O) groups is 2. The second-order valence-electron chi connectivity index (χ2n) is 19.7. The average molecular weight is 903 g/mol. The number of ether oxygens (including phenoxy) is 1. The Bertz CT molecular complexity index is 1010. The molecule has 0 aliphatic carbocycles. The van der Waals surface area contributed by atoms with Crippen LogP contribution in [0, 0.1) is 0 Å². The van der Waals surface area contributed by atoms with Gasteiger partial charge in [0.1, 0.15) is 6.10 Å². The lowest BCUT2D eigenvalue weighted by molar-refractivity contribution is -0.151. The van der Waals surface area contributed by atoms with E-state index in [-0.39, 0.29) is 24.9 Å². The molecule has 0 aromatic heterocycles. The Labute approximate surface area is 399 Å². The molecule has 0 heterocycles. The minimum atomic E-state index is -0.788. The predicted molar refractivity (Wildman–Crippen MR) is 278 cm³/mol. The van der Waals surface area contributed by atoms with Crippen LogP contribution in [0.1, 0.15) is 310 Å². The highest BCUT2D eigenvalue weighted by Crippen LogP contribution is 2.19. The summed E-state index contributed by atoms with van der Waals surface area (Å²) >= 11 is 0. The number of hydrogen-bond acceptors (Lipinski definition) is 5. The van der Waals surface area contributed by atoms with Crippen molar-refractivity contribution in [1.29, 1.82) is 0 Å². The number of allylic oxidation sites excluding steroid dienone is 4. The Morgan fingerprint density at radius 3 is 1.22 bits per heavy atom. The first kappa shape index (κ1) is 62.3. The number of carbonyl (C=O) groups excluding carboxylic acids is 2. The molecule has 0 saturated heterocycles. The minimum absolute atomic E-state index is 0.0740. The fourth-order valence-corrected chi connectivity index (χ4v) is 8.93. The Kier molecular flexibility index (Phi) is 51.0. The number of rotatable bonds is 52. The number of amides is 1. The zero-order chi connectivity index (χ0) is 46.7. The van der Waals surface area contributed by atoms with Gasteiger partial charge in [-0.3, -0.25) is 9.59 Å². The SMILES string of the molecule is CCCCC/C=C\C/C=C\CCCCCCCC(CC(=O)NC(CO)C(O)CCCCCCCCCCCCCCCC)OC(=O)CCCCCCCCCCCCCCCCCC. The zero-order valence-corrected chi connectivity index (χ0v) is 43.2. The van der Waals surface area contributed by atoms with E-state index in [1.54, 1.807) is 0 Å². The van der Waals surface area contributed by atoms with Crippen LogP contribution in [-0.2, 0) is 14.3 Å². The van der Waals surface area contributed by atoms with Crippen LogP contribution in [0.3, 0.4) is 0 Å². The van der Waals surface area contributed by atoms with Gasteiger partial charge in [-0.2, -0.15) is 0 Å². The lowest BCUT2D eigenvalue weighted by Gasteiger charge is -2.24. The van der Waals surface area contributed by atoms with Crippen molar-refractivity contribution in [2.75, 3.05) is 6.61 Å². The van der Waals surface area contributed by atoms with Crippen LogP contribution in [0.4, 0.5) is 0 Å². The molecule has 3 unspecified atom stereocenters. The van der Waals surface area contributed by atoms with Gasteiger partial charge in [0.15, 0.2) is 0 Å². The first-order chi connectivity index (χ1) is 31.5. The van der Waals surface area contributed by atoms with E-state index in [2.05, 4.69) is 50.4 Å². The van der Waals surface area contributed by atoms with Gasteiger partial charge >= 0.3 is 5.97 Å². The molecule has 6 nitrogen and oxygen atoms in total. The third-order valence-electron chi connectivity index (χ3n) is 13.3. The smallest absolute Gasteiger partial charge is 0.306 e. The summed E-state index contributed by atoms with van der Waals surface area (Å²) < 4.78 is 5.96. The molecule has 6 heteroatoms. The van der Waals surface area contributed by atoms with Crippen molar-refractivity contribution in [3.63, 3.8) is 0 Å². The molecule has 3 N–H and O–H groups in total. The number of hydrogen-bond donors (Lipinski definition) is 3. The van der Waals surface area contributed by atoms with E-state index < -0.39 is 18.2 Å². The van der Waals surface area contributed by atoms with Gasteiger partial charge in [0.25, 0.3) is 0 Å². The van der Waals surface area contributed by atoms with E-state index in [0.29, 0.717) is 19.3 Å². The molecule has 378 valence electrons. The van der Waals surface area contributed by atoms with Gasteiger partial charge in [-0.25, -0.2) is 0 Å². The number of unbranched alkanes of at least 4 members (excludes halogenated alkanes) is 36. The highest BCUT2D eigenvalue weighted by Gasteiger charge is 2.24. The van der Waals surface area contributed by atoms with E-state index in [4.69, 9.17) is 4.74 Å². The maximum atomic E-state index is 13.3. The van der Waals surface area contributed by atoms with Crippen molar-refractivity contribution in [3.05, 3.63) is 24.3 Å². The molecule has 0 aliphatic rings. The molecular formula is C58H111NO5. The van der Waals surface area contributed by atoms with Crippen LogP contribution in [0.25, 0.3) is 0 Å². The molecule has 64 heavy (non-hydrogen) atoms. The molecule has 0 saturated carbocycles. The fourth-order valence-electron chi connectivity index (χ4n) is 8.93. The van der Waals surface area contributed by atoms with E-state index in [9.17, 15) is 19.8 Å². The molecule has 1 amide bonds. The molecular weight excluding hydrogens is 791 g/mol. The van der Waals surface area contributed by atoms with Crippen molar-refractivity contribution in [3.8, 4) is 0 Å². The van der Waals surface area contributed by atoms with Gasteiger partial charge in [0.2, 0.25) is 5.91 Å². The van der Waals surface area contributed by atoms with Crippen LogP contribution in [0.5, 0.6) is 0 Å². The van der Waals surface area contributed by atoms with Crippen LogP contribution >= 0.6 is 0 Å². The third kappa shape index (κ3) is 46.9. The first-order valence-electron chi connectivity index (χ1n) is 28.6. The van der Waals surface area contributed by atoms with Crippen LogP contribution in [-0.4, -0.2) is 46.9 Å². The molecule has 0 spiro atoms. The molecule has 0 fully saturated rings. The van der Waals surface area contributed by atoms with E-state index in [1.165, 1.54) is 199 Å². The number of aliphatic hydroxyl groups excluding tert-OH is 2. The molecule has 0 aromatic rings. The van der Waals surface area contributed by atoms with E-state index >= 15 is 0 Å². The fraction of sp³-hybridized carbons (Fsp3) is 0.897. The second kappa shape index (κ2) is 52.3. The van der Waals surface area contributed by atoms with Crippen LogP contribution in [0.2, 0.25) is 0 Å². The van der Waals surface area contributed by atoms with Gasteiger partial charge < -0.3 is 20.3 Å². The van der Waals surface area contributed by atoms with Crippen molar-refractivity contribution in [1.82, 2.24) is 5.32 Å². The lowest BCUT2D eigenvalue weighted by Crippen LogP contribution is -2.46. The summed E-state index contributed by atoms with van der Waals surface area (Å²) in [5.41, 5.74) is 0. The second-order valence-corrected chi connectivity index (χ2v) is 19.7. The summed E-state index contributed by atoms with van der Waals surface area (Å²) in [4.78, 5) is 26.2. The molecule has 0 aromatic carbocycles. The Morgan fingerprint density at radius 2 is 0.797 bits per heavy atom. The van der Waals surface area contributed by atoms with Crippen molar-refractivity contribution in [2.45, 2.75) is 328 Å². The topological polar surface area (TPSA) is 95.9 Å². The molecule has 3 atom stereocenters. The zero-order valence-electron chi connectivity index (χ0n) is 43.2. The average Bonchev–Trinajstić information content (AvgIpc) is 3.29. The molecule has 0 bridgehead atoms. The lowest BCUT2D eigenvalue weighted by atomic mass is 10.0. The van der Waals surface area contributed by atoms with Crippen molar-refractivity contribution in [2.24, 2.45) is 0 Å². The number of esters is 1. The number of nitrogens with one attached hydrogen (secondary N) is 1. The number of aliphatic hydroxyl groups is 2.